The number of pyridine rings is 1. The lowest BCUT2D eigenvalue weighted by molar-refractivity contribution is 0.181. The minimum atomic E-state index is -0.410. The van der Waals surface area contributed by atoms with Crippen LogP contribution < -0.4 is 4.90 Å². The lowest BCUT2D eigenvalue weighted by atomic mass is 10.3. The first kappa shape index (κ1) is 8.51. The summed E-state index contributed by atoms with van der Waals surface area (Å²) >= 11 is 0. The van der Waals surface area contributed by atoms with Crippen LogP contribution >= 0.6 is 0 Å². The molecule has 0 radical (unpaired) electrons. The van der Waals surface area contributed by atoms with E-state index >= 15 is 0 Å². The molecule has 2 rings (SSSR count). The topological polar surface area (TPSA) is 66.2 Å². The van der Waals surface area contributed by atoms with Crippen LogP contribution in [0, 0.1) is 11.3 Å². The summed E-state index contributed by atoms with van der Waals surface area (Å²) in [5, 5.41) is 8.66. The Bertz CT molecular complexity index is 411. The smallest absolute Gasteiger partial charge is 0.415 e. The molecule has 0 bridgehead atoms. The fourth-order valence-corrected chi connectivity index (χ4v) is 1.24. The van der Waals surface area contributed by atoms with Crippen LogP contribution in [0.4, 0.5) is 10.6 Å². The summed E-state index contributed by atoms with van der Waals surface area (Å²) in [4.78, 5) is 16.6. The summed E-state index contributed by atoms with van der Waals surface area (Å²) in [5.41, 5.74) is 0.481. The molecule has 1 aromatic heterocycles. The molecule has 5 nitrogen and oxygen atoms in total. The van der Waals surface area contributed by atoms with Gasteiger partial charge in [0.1, 0.15) is 12.4 Å². The van der Waals surface area contributed by atoms with Gasteiger partial charge < -0.3 is 4.74 Å². The molecule has 0 atom stereocenters. The molecule has 0 unspecified atom stereocenters. The lowest BCUT2D eigenvalue weighted by Gasteiger charge is -2.10. The van der Waals surface area contributed by atoms with Crippen molar-refractivity contribution >= 4 is 11.9 Å². The van der Waals surface area contributed by atoms with Gasteiger partial charge in [-0.2, -0.15) is 5.26 Å². The van der Waals surface area contributed by atoms with Crippen LogP contribution in [0.3, 0.4) is 0 Å². The summed E-state index contributed by atoms with van der Waals surface area (Å²) in [5.74, 6) is 0.464. The highest BCUT2D eigenvalue weighted by atomic mass is 16.6. The Morgan fingerprint density at radius 1 is 1.64 bits per heavy atom. The van der Waals surface area contributed by atoms with Crippen molar-refractivity contribution in [1.29, 1.82) is 5.26 Å². The van der Waals surface area contributed by atoms with E-state index in [-0.39, 0.29) is 0 Å². The predicted octanol–water partition coefficient (Wildman–Crippen LogP) is 0.910. The maximum Gasteiger partial charge on any atom is 0.415 e. The Morgan fingerprint density at radius 2 is 2.50 bits per heavy atom. The second-order valence-electron chi connectivity index (χ2n) is 2.78. The largest absolute Gasteiger partial charge is 0.447 e. The van der Waals surface area contributed by atoms with Gasteiger partial charge in [-0.25, -0.2) is 9.78 Å². The number of ether oxygens (including phenoxy) is 1. The van der Waals surface area contributed by atoms with Gasteiger partial charge in [-0.05, 0) is 12.1 Å². The minimum Gasteiger partial charge on any atom is -0.447 e. The van der Waals surface area contributed by atoms with E-state index in [1.54, 1.807) is 12.1 Å². The van der Waals surface area contributed by atoms with Crippen molar-refractivity contribution in [2.24, 2.45) is 0 Å². The average molecular weight is 189 g/mol. The number of nitrogens with zero attached hydrogens (tertiary/aromatic N) is 3. The number of cyclic esters (lactones) is 1. The summed E-state index contributed by atoms with van der Waals surface area (Å²) in [6.45, 7) is 0.859. The SMILES string of the molecule is N#Cc1ccnc(N2CCOC2=O)c1. The molecule has 0 saturated carbocycles. The van der Waals surface area contributed by atoms with E-state index in [1.807, 2.05) is 6.07 Å². The number of anilines is 1. The number of nitriles is 1. The Morgan fingerprint density at radius 3 is 3.14 bits per heavy atom. The van der Waals surface area contributed by atoms with Crippen LogP contribution in [-0.2, 0) is 4.74 Å². The zero-order valence-corrected chi connectivity index (χ0v) is 7.30. The fourth-order valence-electron chi connectivity index (χ4n) is 1.24. The van der Waals surface area contributed by atoms with Gasteiger partial charge in [0, 0.05) is 6.20 Å². The molecular formula is C9H7N3O2. The van der Waals surface area contributed by atoms with E-state index in [9.17, 15) is 4.79 Å². The lowest BCUT2D eigenvalue weighted by Crippen LogP contribution is -2.24. The maximum absolute atomic E-state index is 11.2. The summed E-state index contributed by atoms with van der Waals surface area (Å²) < 4.78 is 4.76. The van der Waals surface area contributed by atoms with Gasteiger partial charge >= 0.3 is 6.09 Å². The van der Waals surface area contributed by atoms with Crippen molar-refractivity contribution in [3.8, 4) is 6.07 Å². The monoisotopic (exact) mass is 189 g/mol. The van der Waals surface area contributed by atoms with E-state index in [4.69, 9.17) is 10.00 Å². The Kier molecular flexibility index (Phi) is 2.03. The average Bonchev–Trinajstić information content (AvgIpc) is 2.65. The highest BCUT2D eigenvalue weighted by Gasteiger charge is 2.24. The summed E-state index contributed by atoms with van der Waals surface area (Å²) in [6.07, 6.45) is 1.09. The van der Waals surface area contributed by atoms with Crippen molar-refractivity contribution in [2.45, 2.75) is 0 Å². The first-order chi connectivity index (χ1) is 6.81. The molecule has 0 spiro atoms. The van der Waals surface area contributed by atoms with Gasteiger partial charge in [-0.15, -0.1) is 0 Å². The molecule has 1 amide bonds. The molecule has 1 aliphatic heterocycles. The number of hydrogen-bond acceptors (Lipinski definition) is 4. The highest BCUT2D eigenvalue weighted by Crippen LogP contribution is 2.16. The number of amides is 1. The number of carbonyl (C=O) groups is 1. The van der Waals surface area contributed by atoms with Gasteiger partial charge in [-0.1, -0.05) is 0 Å². The van der Waals surface area contributed by atoms with E-state index in [2.05, 4.69) is 4.98 Å². The van der Waals surface area contributed by atoms with Crippen molar-refractivity contribution < 1.29 is 9.53 Å². The highest BCUT2D eigenvalue weighted by molar-refractivity contribution is 5.88. The third kappa shape index (κ3) is 1.38. The quantitative estimate of drug-likeness (QED) is 0.658. The summed E-state index contributed by atoms with van der Waals surface area (Å²) in [6, 6.07) is 5.14. The van der Waals surface area contributed by atoms with Gasteiger partial charge in [-0.3, -0.25) is 4.90 Å². The van der Waals surface area contributed by atoms with E-state index < -0.39 is 6.09 Å². The second kappa shape index (κ2) is 3.34. The second-order valence-corrected chi connectivity index (χ2v) is 2.78. The van der Waals surface area contributed by atoms with Crippen molar-refractivity contribution in [3.05, 3.63) is 23.9 Å². The molecule has 70 valence electrons. The standard InChI is InChI=1S/C9H7N3O2/c10-6-7-1-2-11-8(5-7)12-3-4-14-9(12)13/h1-2,5H,3-4H2. The third-order valence-electron chi connectivity index (χ3n) is 1.91. The van der Waals surface area contributed by atoms with Crippen LogP contribution in [0.5, 0.6) is 0 Å². The van der Waals surface area contributed by atoms with Crippen LogP contribution in [0.1, 0.15) is 5.56 Å². The normalized spacial score (nSPS) is 15.1. The van der Waals surface area contributed by atoms with E-state index in [0.29, 0.717) is 24.5 Å². The minimum absolute atomic E-state index is 0.372. The zero-order valence-electron chi connectivity index (χ0n) is 7.30. The Labute approximate surface area is 80.5 Å². The molecule has 0 N–H and O–H groups in total. The molecule has 5 heteroatoms. The van der Waals surface area contributed by atoms with Crippen molar-refractivity contribution in [2.75, 3.05) is 18.1 Å². The number of rotatable bonds is 1. The Hall–Kier alpha value is -2.09. The fraction of sp³-hybridized carbons (Fsp3) is 0.222. The van der Waals surface area contributed by atoms with Gasteiger partial charge in [0.2, 0.25) is 0 Å². The van der Waals surface area contributed by atoms with Gasteiger partial charge in [0.25, 0.3) is 0 Å². The molecule has 1 aliphatic rings. The molecular weight excluding hydrogens is 182 g/mol. The summed E-state index contributed by atoms with van der Waals surface area (Å²) in [7, 11) is 0. The first-order valence-electron chi connectivity index (χ1n) is 4.12. The van der Waals surface area contributed by atoms with E-state index in [0.717, 1.165) is 0 Å². The van der Waals surface area contributed by atoms with Crippen LogP contribution in [-0.4, -0.2) is 24.2 Å². The molecule has 2 heterocycles. The van der Waals surface area contributed by atoms with Crippen molar-refractivity contribution in [1.82, 2.24) is 4.98 Å². The van der Waals surface area contributed by atoms with Gasteiger partial charge in [0.05, 0.1) is 18.2 Å². The number of hydrogen-bond donors (Lipinski definition) is 0. The Balaban J connectivity index is 2.32. The van der Waals surface area contributed by atoms with Crippen LogP contribution in [0.2, 0.25) is 0 Å². The molecule has 14 heavy (non-hydrogen) atoms. The van der Waals surface area contributed by atoms with Crippen molar-refractivity contribution in [3.63, 3.8) is 0 Å². The molecule has 0 aliphatic carbocycles. The zero-order chi connectivity index (χ0) is 9.97. The van der Waals surface area contributed by atoms with Gasteiger partial charge in [0.15, 0.2) is 0 Å². The molecule has 1 saturated heterocycles. The predicted molar refractivity (Wildman–Crippen MR) is 47.6 cm³/mol. The number of aromatic nitrogens is 1. The maximum atomic E-state index is 11.2. The molecule has 1 fully saturated rings. The number of carbonyl (C=O) groups excluding carboxylic acids is 1. The van der Waals surface area contributed by atoms with Crippen LogP contribution in [0.15, 0.2) is 18.3 Å². The third-order valence-corrected chi connectivity index (χ3v) is 1.91. The molecule has 1 aromatic rings. The van der Waals surface area contributed by atoms with E-state index in [1.165, 1.54) is 11.1 Å². The van der Waals surface area contributed by atoms with Crippen LogP contribution in [0.25, 0.3) is 0 Å². The first-order valence-corrected chi connectivity index (χ1v) is 4.12. The molecule has 0 aromatic carbocycles.